The van der Waals surface area contributed by atoms with Crippen LogP contribution < -0.4 is 5.32 Å². The van der Waals surface area contributed by atoms with Crippen LogP contribution in [-0.2, 0) is 18.3 Å². The van der Waals surface area contributed by atoms with Crippen molar-refractivity contribution in [1.82, 2.24) is 14.3 Å². The molecule has 2 heterocycles. The molecule has 1 N–H and O–H groups in total. The van der Waals surface area contributed by atoms with Crippen LogP contribution in [0.1, 0.15) is 11.3 Å². The second-order valence-corrected chi connectivity index (χ2v) is 5.28. The Morgan fingerprint density at radius 3 is 2.45 bits per heavy atom. The van der Waals surface area contributed by atoms with E-state index in [1.807, 2.05) is 73.4 Å². The molecule has 0 aliphatic carbocycles. The van der Waals surface area contributed by atoms with Crippen LogP contribution in [0.2, 0.25) is 0 Å². The molecule has 0 bridgehead atoms. The van der Waals surface area contributed by atoms with Gasteiger partial charge in [0.25, 0.3) is 0 Å². The molecule has 22 heavy (non-hydrogen) atoms. The van der Waals surface area contributed by atoms with E-state index in [2.05, 4.69) is 10.4 Å². The SMILES string of the molecule is Cc1cc(NC(=O)Cc2ccc(-n3cccc3)cc2)n(C)n1. The number of nitrogens with zero attached hydrogens (tertiary/aromatic N) is 3. The van der Waals surface area contributed by atoms with Crippen molar-refractivity contribution >= 4 is 11.7 Å². The monoisotopic (exact) mass is 294 g/mol. The molecule has 0 aliphatic heterocycles. The normalized spacial score (nSPS) is 10.6. The number of carbonyl (C=O) groups excluding carboxylic acids is 1. The molecule has 0 spiro atoms. The molecule has 2 aromatic heterocycles. The molecule has 3 aromatic rings. The molecular formula is C17H18N4O. The zero-order valence-electron chi connectivity index (χ0n) is 12.7. The summed E-state index contributed by atoms with van der Waals surface area (Å²) in [5.41, 5.74) is 2.94. The van der Waals surface area contributed by atoms with Gasteiger partial charge in [0.05, 0.1) is 12.1 Å². The number of benzene rings is 1. The van der Waals surface area contributed by atoms with Gasteiger partial charge in [-0.3, -0.25) is 9.48 Å². The minimum absolute atomic E-state index is 0.0447. The fraction of sp³-hybridized carbons (Fsp3) is 0.176. The first-order valence-electron chi connectivity index (χ1n) is 7.14. The van der Waals surface area contributed by atoms with Crippen molar-refractivity contribution in [2.24, 2.45) is 7.05 Å². The number of rotatable bonds is 4. The van der Waals surface area contributed by atoms with E-state index in [1.165, 1.54) is 0 Å². The van der Waals surface area contributed by atoms with Crippen LogP contribution in [0.4, 0.5) is 5.82 Å². The van der Waals surface area contributed by atoms with Crippen LogP contribution in [-0.4, -0.2) is 20.3 Å². The summed E-state index contributed by atoms with van der Waals surface area (Å²) in [7, 11) is 1.81. The van der Waals surface area contributed by atoms with Gasteiger partial charge in [0.1, 0.15) is 5.82 Å². The van der Waals surface area contributed by atoms with Crippen LogP contribution in [0.5, 0.6) is 0 Å². The van der Waals surface area contributed by atoms with Crippen molar-refractivity contribution in [1.29, 1.82) is 0 Å². The van der Waals surface area contributed by atoms with E-state index in [0.717, 1.165) is 16.9 Å². The van der Waals surface area contributed by atoms with Crippen molar-refractivity contribution in [3.05, 3.63) is 66.1 Å². The molecular weight excluding hydrogens is 276 g/mol. The van der Waals surface area contributed by atoms with Crippen molar-refractivity contribution in [2.75, 3.05) is 5.32 Å². The molecule has 0 atom stereocenters. The maximum absolute atomic E-state index is 12.1. The van der Waals surface area contributed by atoms with E-state index in [1.54, 1.807) is 4.68 Å². The molecule has 0 radical (unpaired) electrons. The molecule has 1 amide bonds. The molecule has 0 saturated carbocycles. The third kappa shape index (κ3) is 3.09. The summed E-state index contributed by atoms with van der Waals surface area (Å²) < 4.78 is 3.70. The lowest BCUT2D eigenvalue weighted by Crippen LogP contribution is -2.16. The van der Waals surface area contributed by atoms with Gasteiger partial charge in [0, 0.05) is 31.2 Å². The lowest BCUT2D eigenvalue weighted by molar-refractivity contribution is -0.115. The molecule has 0 fully saturated rings. The van der Waals surface area contributed by atoms with E-state index in [9.17, 15) is 4.79 Å². The number of anilines is 1. The Balaban J connectivity index is 1.65. The third-order valence-electron chi connectivity index (χ3n) is 3.47. The maximum Gasteiger partial charge on any atom is 0.229 e. The maximum atomic E-state index is 12.1. The molecule has 3 rings (SSSR count). The van der Waals surface area contributed by atoms with Gasteiger partial charge in [0.2, 0.25) is 5.91 Å². The first kappa shape index (κ1) is 14.1. The van der Waals surface area contributed by atoms with Crippen LogP contribution in [0, 0.1) is 6.92 Å². The predicted octanol–water partition coefficient (Wildman–Crippen LogP) is 2.70. The molecule has 0 unspecified atom stereocenters. The number of nitrogens with one attached hydrogen (secondary N) is 1. The second kappa shape index (κ2) is 5.89. The number of hydrogen-bond donors (Lipinski definition) is 1. The Hall–Kier alpha value is -2.82. The molecule has 5 nitrogen and oxygen atoms in total. The van der Waals surface area contributed by atoms with Gasteiger partial charge in [0.15, 0.2) is 0 Å². The zero-order valence-corrected chi connectivity index (χ0v) is 12.7. The molecule has 0 saturated heterocycles. The highest BCUT2D eigenvalue weighted by molar-refractivity contribution is 5.91. The Morgan fingerprint density at radius 2 is 1.86 bits per heavy atom. The summed E-state index contributed by atoms with van der Waals surface area (Å²) in [6, 6.07) is 13.8. The fourth-order valence-corrected chi connectivity index (χ4v) is 2.39. The van der Waals surface area contributed by atoms with Crippen LogP contribution in [0.15, 0.2) is 54.9 Å². The lowest BCUT2D eigenvalue weighted by atomic mass is 10.1. The second-order valence-electron chi connectivity index (χ2n) is 5.28. The average molecular weight is 294 g/mol. The Kier molecular flexibility index (Phi) is 3.78. The number of hydrogen-bond acceptors (Lipinski definition) is 2. The Bertz CT molecular complexity index is 770. The number of carbonyl (C=O) groups is 1. The highest BCUT2D eigenvalue weighted by Gasteiger charge is 2.08. The minimum Gasteiger partial charge on any atom is -0.324 e. The highest BCUT2D eigenvalue weighted by atomic mass is 16.1. The molecule has 5 heteroatoms. The Labute approximate surface area is 129 Å². The van der Waals surface area contributed by atoms with Crippen LogP contribution in [0.3, 0.4) is 0 Å². The quantitative estimate of drug-likeness (QED) is 0.804. The minimum atomic E-state index is -0.0447. The summed E-state index contributed by atoms with van der Waals surface area (Å²) >= 11 is 0. The van der Waals surface area contributed by atoms with E-state index < -0.39 is 0 Å². The van der Waals surface area contributed by atoms with E-state index in [4.69, 9.17) is 0 Å². The van der Waals surface area contributed by atoms with Crippen molar-refractivity contribution < 1.29 is 4.79 Å². The number of aryl methyl sites for hydroxylation is 2. The highest BCUT2D eigenvalue weighted by Crippen LogP contribution is 2.12. The standard InChI is InChI=1S/C17H18N4O/c1-13-11-16(20(2)19-13)18-17(22)12-14-5-7-15(8-6-14)21-9-3-4-10-21/h3-11H,12H2,1-2H3,(H,18,22). The van der Waals surface area contributed by atoms with Gasteiger partial charge in [-0.25, -0.2) is 0 Å². The first-order valence-corrected chi connectivity index (χ1v) is 7.14. The number of amides is 1. The largest absolute Gasteiger partial charge is 0.324 e. The molecule has 112 valence electrons. The summed E-state index contributed by atoms with van der Waals surface area (Å²) in [5, 5.41) is 7.09. The van der Waals surface area contributed by atoms with Gasteiger partial charge in [-0.2, -0.15) is 5.10 Å². The molecule has 0 aliphatic rings. The average Bonchev–Trinajstić information content (AvgIpc) is 3.10. The van der Waals surface area contributed by atoms with Gasteiger partial charge >= 0.3 is 0 Å². The first-order chi connectivity index (χ1) is 10.6. The van der Waals surface area contributed by atoms with E-state index in [-0.39, 0.29) is 5.91 Å². The van der Waals surface area contributed by atoms with Crippen molar-refractivity contribution in [2.45, 2.75) is 13.3 Å². The Morgan fingerprint density at radius 1 is 1.18 bits per heavy atom. The lowest BCUT2D eigenvalue weighted by Gasteiger charge is -2.07. The van der Waals surface area contributed by atoms with E-state index in [0.29, 0.717) is 12.2 Å². The smallest absolute Gasteiger partial charge is 0.229 e. The summed E-state index contributed by atoms with van der Waals surface area (Å²) in [4.78, 5) is 12.1. The predicted molar refractivity (Wildman–Crippen MR) is 86.0 cm³/mol. The summed E-state index contributed by atoms with van der Waals surface area (Å²) in [6.45, 7) is 1.90. The third-order valence-corrected chi connectivity index (χ3v) is 3.47. The van der Waals surface area contributed by atoms with Gasteiger partial charge in [-0.15, -0.1) is 0 Å². The summed E-state index contributed by atoms with van der Waals surface area (Å²) in [6.07, 6.45) is 4.33. The van der Waals surface area contributed by atoms with E-state index >= 15 is 0 Å². The van der Waals surface area contributed by atoms with Gasteiger partial charge < -0.3 is 9.88 Å². The molecule has 1 aromatic carbocycles. The topological polar surface area (TPSA) is 51.9 Å². The van der Waals surface area contributed by atoms with Crippen LogP contribution in [0.25, 0.3) is 5.69 Å². The fourth-order valence-electron chi connectivity index (χ4n) is 2.39. The zero-order chi connectivity index (χ0) is 15.5. The summed E-state index contributed by atoms with van der Waals surface area (Å²) in [5.74, 6) is 0.670. The van der Waals surface area contributed by atoms with Gasteiger partial charge in [-0.1, -0.05) is 12.1 Å². The van der Waals surface area contributed by atoms with Gasteiger partial charge in [-0.05, 0) is 36.8 Å². The van der Waals surface area contributed by atoms with Crippen LogP contribution >= 0.6 is 0 Å². The number of aromatic nitrogens is 3. The van der Waals surface area contributed by atoms with Crippen molar-refractivity contribution in [3.63, 3.8) is 0 Å². The van der Waals surface area contributed by atoms with Crippen molar-refractivity contribution in [3.8, 4) is 5.69 Å².